The second-order valence-electron chi connectivity index (χ2n) is 5.78. The number of amidine groups is 1. The topological polar surface area (TPSA) is 67.8 Å². The first-order chi connectivity index (χ1) is 9.49. The van der Waals surface area contributed by atoms with Gasteiger partial charge in [-0.3, -0.25) is 0 Å². The molecule has 0 radical (unpaired) electrons. The third kappa shape index (κ3) is 3.57. The van der Waals surface area contributed by atoms with Crippen molar-refractivity contribution >= 4 is 17.4 Å². The van der Waals surface area contributed by atoms with E-state index in [1.807, 2.05) is 0 Å². The average molecular weight is 297 g/mol. The zero-order chi connectivity index (χ0) is 14.7. The van der Waals surface area contributed by atoms with Gasteiger partial charge in [-0.05, 0) is 49.3 Å². The van der Waals surface area contributed by atoms with E-state index in [0.717, 1.165) is 12.8 Å². The van der Waals surface area contributed by atoms with Gasteiger partial charge in [-0.25, -0.2) is 0 Å². The molecule has 1 saturated carbocycles. The van der Waals surface area contributed by atoms with E-state index in [-0.39, 0.29) is 11.9 Å². The zero-order valence-electron chi connectivity index (χ0n) is 11.8. The zero-order valence-corrected chi connectivity index (χ0v) is 12.6. The molecule has 5 heteroatoms. The Balaban J connectivity index is 2.20. The van der Waals surface area contributed by atoms with E-state index in [2.05, 4.69) is 19.0 Å². The predicted molar refractivity (Wildman–Crippen MR) is 80.6 cm³/mol. The summed E-state index contributed by atoms with van der Waals surface area (Å²) in [6, 6.07) is 5.18. The van der Waals surface area contributed by atoms with Crippen LogP contribution in [0.15, 0.2) is 23.4 Å². The number of oxime groups is 1. The van der Waals surface area contributed by atoms with E-state index in [1.165, 1.54) is 6.42 Å². The molecule has 0 aromatic heterocycles. The number of rotatable bonds is 3. The summed E-state index contributed by atoms with van der Waals surface area (Å²) < 4.78 is 6.07. The summed E-state index contributed by atoms with van der Waals surface area (Å²) in [7, 11) is 0. The van der Waals surface area contributed by atoms with Crippen LogP contribution in [0.25, 0.3) is 0 Å². The van der Waals surface area contributed by atoms with Gasteiger partial charge in [-0.15, -0.1) is 0 Å². The van der Waals surface area contributed by atoms with Gasteiger partial charge >= 0.3 is 0 Å². The standard InChI is InChI=1S/C15H21ClN2O2/c1-9-5-10(2)7-12(6-9)20-14-4-3-11(16)8-13(14)15(17)18-19/h3-4,8-10,12,19H,5-7H2,1-2H3,(H2,17,18). The monoisotopic (exact) mass is 296 g/mol. The first-order valence-electron chi connectivity index (χ1n) is 6.93. The summed E-state index contributed by atoms with van der Waals surface area (Å²) >= 11 is 5.96. The van der Waals surface area contributed by atoms with Crippen LogP contribution in [0.5, 0.6) is 5.75 Å². The average Bonchev–Trinajstić information content (AvgIpc) is 2.38. The molecule has 1 aliphatic carbocycles. The molecular weight excluding hydrogens is 276 g/mol. The Morgan fingerprint density at radius 1 is 1.30 bits per heavy atom. The summed E-state index contributed by atoms with van der Waals surface area (Å²) in [5.74, 6) is 1.95. The molecule has 0 amide bonds. The minimum Gasteiger partial charge on any atom is -0.490 e. The van der Waals surface area contributed by atoms with Gasteiger partial charge in [0.2, 0.25) is 0 Å². The maximum Gasteiger partial charge on any atom is 0.173 e. The van der Waals surface area contributed by atoms with E-state index >= 15 is 0 Å². The van der Waals surface area contributed by atoms with Crippen LogP contribution in [0.3, 0.4) is 0 Å². The number of ether oxygens (including phenoxy) is 1. The highest BCUT2D eigenvalue weighted by atomic mass is 35.5. The van der Waals surface area contributed by atoms with Crippen molar-refractivity contribution < 1.29 is 9.94 Å². The molecule has 0 spiro atoms. The van der Waals surface area contributed by atoms with E-state index in [9.17, 15) is 0 Å². The molecule has 3 N–H and O–H groups in total. The summed E-state index contributed by atoms with van der Waals surface area (Å²) in [4.78, 5) is 0. The molecule has 4 nitrogen and oxygen atoms in total. The van der Waals surface area contributed by atoms with Crippen molar-refractivity contribution in [1.29, 1.82) is 0 Å². The first kappa shape index (κ1) is 15.0. The van der Waals surface area contributed by atoms with Gasteiger partial charge in [-0.1, -0.05) is 30.6 Å². The number of hydrogen-bond acceptors (Lipinski definition) is 3. The summed E-state index contributed by atoms with van der Waals surface area (Å²) in [5, 5.41) is 12.4. The first-order valence-corrected chi connectivity index (χ1v) is 7.31. The molecule has 1 aromatic rings. The number of hydrogen-bond donors (Lipinski definition) is 2. The number of nitrogens with two attached hydrogens (primary N) is 1. The van der Waals surface area contributed by atoms with Crippen LogP contribution in [0.4, 0.5) is 0 Å². The summed E-state index contributed by atoms with van der Waals surface area (Å²) in [5.41, 5.74) is 6.22. The van der Waals surface area contributed by atoms with Gasteiger partial charge in [0.25, 0.3) is 0 Å². The second-order valence-corrected chi connectivity index (χ2v) is 6.22. The lowest BCUT2D eigenvalue weighted by Crippen LogP contribution is -2.29. The van der Waals surface area contributed by atoms with E-state index in [1.54, 1.807) is 18.2 Å². The molecule has 1 aromatic carbocycles. The van der Waals surface area contributed by atoms with Gasteiger partial charge in [0, 0.05) is 5.02 Å². The predicted octanol–water partition coefficient (Wildman–Crippen LogP) is 3.64. The third-order valence-corrected chi connectivity index (χ3v) is 3.99. The maximum absolute atomic E-state index is 8.86. The van der Waals surface area contributed by atoms with Crippen LogP contribution in [0, 0.1) is 11.8 Å². The molecule has 110 valence electrons. The smallest absolute Gasteiger partial charge is 0.173 e. The molecule has 2 rings (SSSR count). The van der Waals surface area contributed by atoms with Crippen LogP contribution >= 0.6 is 11.6 Å². The Kier molecular flexibility index (Phi) is 4.76. The minimum atomic E-state index is 0.0133. The van der Waals surface area contributed by atoms with Crippen molar-refractivity contribution in [3.8, 4) is 5.75 Å². The van der Waals surface area contributed by atoms with Gasteiger partial charge < -0.3 is 15.7 Å². The van der Waals surface area contributed by atoms with Crippen LogP contribution in [-0.2, 0) is 0 Å². The van der Waals surface area contributed by atoms with Crippen molar-refractivity contribution in [2.75, 3.05) is 0 Å². The fraction of sp³-hybridized carbons (Fsp3) is 0.533. The second kappa shape index (κ2) is 6.35. The third-order valence-electron chi connectivity index (χ3n) is 3.75. The highest BCUT2D eigenvalue weighted by Crippen LogP contribution is 2.33. The fourth-order valence-corrected chi connectivity index (χ4v) is 3.18. The Morgan fingerprint density at radius 3 is 2.55 bits per heavy atom. The molecule has 1 fully saturated rings. The summed E-state index contributed by atoms with van der Waals surface area (Å²) in [6.45, 7) is 4.50. The van der Waals surface area contributed by atoms with Crippen molar-refractivity contribution in [3.05, 3.63) is 28.8 Å². The van der Waals surface area contributed by atoms with Crippen LogP contribution in [0.2, 0.25) is 5.02 Å². The largest absolute Gasteiger partial charge is 0.490 e. The van der Waals surface area contributed by atoms with E-state index in [4.69, 9.17) is 27.3 Å². The molecule has 0 saturated heterocycles. The van der Waals surface area contributed by atoms with Crippen molar-refractivity contribution in [2.24, 2.45) is 22.7 Å². The molecule has 0 aliphatic heterocycles. The van der Waals surface area contributed by atoms with Gasteiger partial charge in [0.05, 0.1) is 11.7 Å². The highest BCUT2D eigenvalue weighted by Gasteiger charge is 2.26. The van der Waals surface area contributed by atoms with Crippen LogP contribution < -0.4 is 10.5 Å². The van der Waals surface area contributed by atoms with Gasteiger partial charge in [-0.2, -0.15) is 0 Å². The molecule has 1 aliphatic rings. The normalized spacial score (nSPS) is 27.4. The fourth-order valence-electron chi connectivity index (χ4n) is 3.01. The van der Waals surface area contributed by atoms with Crippen molar-refractivity contribution in [2.45, 2.75) is 39.2 Å². The Morgan fingerprint density at radius 2 is 1.95 bits per heavy atom. The lowest BCUT2D eigenvalue weighted by atomic mass is 9.82. The van der Waals surface area contributed by atoms with Crippen LogP contribution in [0.1, 0.15) is 38.7 Å². The van der Waals surface area contributed by atoms with Crippen LogP contribution in [-0.4, -0.2) is 17.1 Å². The highest BCUT2D eigenvalue weighted by molar-refractivity contribution is 6.31. The lowest BCUT2D eigenvalue weighted by Gasteiger charge is -2.32. The Labute approximate surface area is 124 Å². The summed E-state index contributed by atoms with van der Waals surface area (Å²) in [6.07, 6.45) is 3.47. The van der Waals surface area contributed by atoms with E-state index < -0.39 is 0 Å². The Bertz CT molecular complexity index is 495. The molecular formula is C15H21ClN2O2. The number of halogens is 1. The number of nitrogens with zero attached hydrogens (tertiary/aromatic N) is 1. The number of benzene rings is 1. The molecule has 0 heterocycles. The van der Waals surface area contributed by atoms with Crippen molar-refractivity contribution in [3.63, 3.8) is 0 Å². The van der Waals surface area contributed by atoms with E-state index in [0.29, 0.717) is 28.2 Å². The minimum absolute atomic E-state index is 0.0133. The van der Waals surface area contributed by atoms with Crippen molar-refractivity contribution in [1.82, 2.24) is 0 Å². The van der Waals surface area contributed by atoms with Gasteiger partial charge in [0.1, 0.15) is 5.75 Å². The lowest BCUT2D eigenvalue weighted by molar-refractivity contribution is 0.101. The quantitative estimate of drug-likeness (QED) is 0.387. The maximum atomic E-state index is 8.86. The molecule has 0 bridgehead atoms. The molecule has 2 atom stereocenters. The molecule has 2 unspecified atom stereocenters. The SMILES string of the molecule is CC1CC(C)CC(Oc2ccc(Cl)cc2C(N)=NO)C1. The Hall–Kier alpha value is -1.42. The molecule has 20 heavy (non-hydrogen) atoms. The van der Waals surface area contributed by atoms with Gasteiger partial charge in [0.15, 0.2) is 5.84 Å².